The third-order valence-electron chi connectivity index (χ3n) is 3.42. The summed E-state index contributed by atoms with van der Waals surface area (Å²) in [4.78, 5) is 20.8. The van der Waals surface area contributed by atoms with E-state index in [0.29, 0.717) is 11.2 Å². The van der Waals surface area contributed by atoms with Crippen LogP contribution >= 0.6 is 7.75 Å². The Balaban J connectivity index is 0.00000208. The molecule has 7 N–H and O–H groups in total. The van der Waals surface area contributed by atoms with Crippen LogP contribution in [0.4, 0.5) is 5.82 Å². The summed E-state index contributed by atoms with van der Waals surface area (Å²) in [6, 6.07) is 0. The Bertz CT molecular complexity index is 769. The number of fused-ring (bicyclic) bond motifs is 1. The summed E-state index contributed by atoms with van der Waals surface area (Å²) in [6.07, 6.45) is -2.23. The first-order chi connectivity index (χ1) is 10.8. The van der Waals surface area contributed by atoms with Gasteiger partial charge in [0.05, 0.1) is 12.9 Å². The maximum absolute atomic E-state index is 10.9. The minimum Gasteiger partial charge on any atom is -0.387 e. The molecule has 1 radical (unpaired) electrons. The molecule has 0 aromatic carbocycles. The minimum absolute atomic E-state index is 0. The molecule has 0 amide bonds. The van der Waals surface area contributed by atoms with Gasteiger partial charge in [-0.3, -0.25) is 9.09 Å². The molecule has 1 saturated heterocycles. The van der Waals surface area contributed by atoms with Crippen molar-refractivity contribution in [1.82, 2.24) is 19.5 Å². The van der Waals surface area contributed by atoms with E-state index in [0.717, 1.165) is 0 Å². The van der Waals surface area contributed by atoms with Gasteiger partial charge in [0.2, 0.25) is 0 Å². The van der Waals surface area contributed by atoms with E-state index in [4.69, 9.17) is 20.9 Å². The molecule has 1 aliphatic heterocycles. The van der Waals surface area contributed by atoms with E-state index in [9.17, 15) is 14.8 Å². The van der Waals surface area contributed by atoms with Crippen LogP contribution in [0.3, 0.4) is 0 Å². The van der Waals surface area contributed by atoms with E-state index >= 15 is 0 Å². The predicted octanol–water partition coefficient (Wildman–Crippen LogP) is -2.28. The Morgan fingerprint density at radius 2 is 2.04 bits per heavy atom. The van der Waals surface area contributed by atoms with Crippen molar-refractivity contribution in [1.29, 1.82) is 0 Å². The second-order valence-electron chi connectivity index (χ2n) is 4.99. The Morgan fingerprint density at radius 3 is 2.71 bits per heavy atom. The van der Waals surface area contributed by atoms with Gasteiger partial charge in [0.15, 0.2) is 17.7 Å². The van der Waals surface area contributed by atoms with Gasteiger partial charge in [0.25, 0.3) is 0 Å². The molecular formula is C10H15N6NaO6P. The van der Waals surface area contributed by atoms with Crippen LogP contribution in [0.25, 0.3) is 11.2 Å². The first-order valence-corrected chi connectivity index (χ1v) is 8.13. The van der Waals surface area contributed by atoms with Gasteiger partial charge in [-0.2, -0.15) is 0 Å². The molecule has 127 valence electrons. The van der Waals surface area contributed by atoms with E-state index in [1.54, 1.807) is 0 Å². The van der Waals surface area contributed by atoms with Gasteiger partial charge in [0, 0.05) is 29.6 Å². The Labute approximate surface area is 157 Å². The van der Waals surface area contributed by atoms with Gasteiger partial charge in [-0.15, -0.1) is 0 Å². The number of imidazole rings is 1. The van der Waals surface area contributed by atoms with Crippen LogP contribution in [-0.4, -0.2) is 89.1 Å². The quantitative estimate of drug-likeness (QED) is 0.288. The van der Waals surface area contributed by atoms with Crippen molar-refractivity contribution < 1.29 is 28.9 Å². The first kappa shape index (κ1) is 19.7. The molecule has 5 atom stereocenters. The zero-order chi connectivity index (χ0) is 16.8. The molecule has 24 heavy (non-hydrogen) atoms. The molecule has 1 fully saturated rings. The third-order valence-corrected chi connectivity index (χ3v) is 3.94. The molecule has 14 heteroatoms. The maximum Gasteiger partial charge on any atom is 0.400 e. The van der Waals surface area contributed by atoms with Crippen molar-refractivity contribution >= 4 is 54.3 Å². The molecule has 0 bridgehead atoms. The predicted molar refractivity (Wildman–Crippen MR) is 81.4 cm³/mol. The van der Waals surface area contributed by atoms with Crippen molar-refractivity contribution in [2.24, 2.45) is 5.50 Å². The molecule has 0 aliphatic carbocycles. The summed E-state index contributed by atoms with van der Waals surface area (Å²) >= 11 is 0. The van der Waals surface area contributed by atoms with Gasteiger partial charge in [-0.05, 0) is 0 Å². The van der Waals surface area contributed by atoms with Gasteiger partial charge < -0.3 is 25.6 Å². The van der Waals surface area contributed by atoms with E-state index in [2.05, 4.69) is 19.5 Å². The normalized spacial score (nSPS) is 29.3. The number of rotatable bonds is 4. The number of nitrogen functional groups attached to an aromatic ring is 1. The summed E-state index contributed by atoms with van der Waals surface area (Å²) < 4.78 is 22.3. The van der Waals surface area contributed by atoms with E-state index in [-0.39, 0.29) is 35.4 Å². The number of nitrogens with two attached hydrogens (primary N) is 2. The van der Waals surface area contributed by atoms with Crippen LogP contribution < -0.4 is 11.2 Å². The number of hydrogen-bond donors (Lipinski definition) is 5. The van der Waals surface area contributed by atoms with Gasteiger partial charge in [-0.1, -0.05) is 0 Å². The van der Waals surface area contributed by atoms with Crippen molar-refractivity contribution in [3.63, 3.8) is 0 Å². The zero-order valence-electron chi connectivity index (χ0n) is 12.6. The molecular weight excluding hydrogens is 354 g/mol. The SMILES string of the molecule is Nc1ncnc2c1ncn2[C@@H]1O[C@H](COP(N)(=O)O)[C@@H](O)[C@H]1O.[Na]. The summed E-state index contributed by atoms with van der Waals surface area (Å²) in [5.41, 5.74) is 11.2. The summed E-state index contributed by atoms with van der Waals surface area (Å²) in [5.74, 6) is 0.158. The van der Waals surface area contributed by atoms with Gasteiger partial charge >= 0.3 is 7.75 Å². The van der Waals surface area contributed by atoms with Crippen molar-refractivity contribution in [3.05, 3.63) is 12.7 Å². The molecule has 1 aliphatic rings. The smallest absolute Gasteiger partial charge is 0.387 e. The first-order valence-electron chi connectivity index (χ1n) is 6.48. The monoisotopic (exact) mass is 369 g/mol. The Morgan fingerprint density at radius 1 is 1.33 bits per heavy atom. The second kappa shape index (κ2) is 7.30. The molecule has 3 heterocycles. The van der Waals surface area contributed by atoms with E-state index in [1.807, 2.05) is 0 Å². The van der Waals surface area contributed by atoms with Crippen LogP contribution in [0, 0.1) is 0 Å². The van der Waals surface area contributed by atoms with E-state index in [1.165, 1.54) is 17.2 Å². The number of hydrogen-bond acceptors (Lipinski definition) is 9. The fraction of sp³-hybridized carbons (Fsp3) is 0.500. The van der Waals surface area contributed by atoms with Crippen LogP contribution in [0.15, 0.2) is 12.7 Å². The molecule has 2 aromatic rings. The Hall–Kier alpha value is -0.660. The summed E-state index contributed by atoms with van der Waals surface area (Å²) in [5, 5.41) is 20.1. The topological polar surface area (TPSA) is 192 Å². The van der Waals surface area contributed by atoms with Gasteiger partial charge in [0.1, 0.15) is 30.2 Å². The third kappa shape index (κ3) is 3.78. The zero-order valence-corrected chi connectivity index (χ0v) is 15.5. The molecule has 0 spiro atoms. The molecule has 12 nitrogen and oxygen atoms in total. The number of aromatic nitrogens is 4. The number of ether oxygens (including phenoxy) is 1. The molecule has 3 rings (SSSR count). The number of nitrogens with zero attached hydrogens (tertiary/aromatic N) is 4. The second-order valence-corrected chi connectivity index (χ2v) is 6.38. The van der Waals surface area contributed by atoms with Crippen LogP contribution in [0.1, 0.15) is 6.23 Å². The van der Waals surface area contributed by atoms with Crippen LogP contribution in [-0.2, 0) is 13.8 Å². The molecule has 2 aromatic heterocycles. The number of aliphatic hydroxyl groups is 2. The van der Waals surface area contributed by atoms with Crippen molar-refractivity contribution in [3.8, 4) is 0 Å². The van der Waals surface area contributed by atoms with Crippen molar-refractivity contribution in [2.75, 3.05) is 12.3 Å². The molecule has 1 unspecified atom stereocenters. The number of aliphatic hydroxyl groups excluding tert-OH is 2. The average molecular weight is 369 g/mol. The van der Waals surface area contributed by atoms with Crippen LogP contribution in [0.2, 0.25) is 0 Å². The maximum atomic E-state index is 10.9. The van der Waals surface area contributed by atoms with Crippen molar-refractivity contribution in [2.45, 2.75) is 24.5 Å². The fourth-order valence-electron chi connectivity index (χ4n) is 2.33. The summed E-state index contributed by atoms with van der Waals surface area (Å²) in [6.45, 7) is -0.469. The largest absolute Gasteiger partial charge is 0.400 e. The molecule has 0 saturated carbocycles. The standard InChI is InChI=1S/C10H15N6O6P.Na/c11-8-5-9(14-2-13-8)16(3-15-5)10-7(18)6(17)4(22-10)1-21-23(12,19)20;/h2-4,6-7,10,17-18H,1H2,(H2,11,13,14)(H3,12,19,20);/t4-,6-,7-,10-;/m1./s1. The number of anilines is 1. The average Bonchev–Trinajstić information content (AvgIpc) is 3.01. The fourth-order valence-corrected chi connectivity index (χ4v) is 2.69. The van der Waals surface area contributed by atoms with Crippen LogP contribution in [0.5, 0.6) is 0 Å². The minimum atomic E-state index is -4.22. The van der Waals surface area contributed by atoms with Gasteiger partial charge in [-0.25, -0.2) is 25.0 Å². The summed E-state index contributed by atoms with van der Waals surface area (Å²) in [7, 11) is -4.22. The Kier molecular flexibility index (Phi) is 5.98. The van der Waals surface area contributed by atoms with E-state index < -0.39 is 38.9 Å².